The fourth-order valence-corrected chi connectivity index (χ4v) is 2.92. The molecule has 0 amide bonds. The Labute approximate surface area is 110 Å². The van der Waals surface area contributed by atoms with Crippen molar-refractivity contribution in [3.8, 4) is 0 Å². The molecular formula is C12H19F3N2O2. The monoisotopic (exact) mass is 280 g/mol. The highest BCUT2D eigenvalue weighted by Crippen LogP contribution is 2.35. The van der Waals surface area contributed by atoms with E-state index in [1.165, 1.54) is 0 Å². The second-order valence-electron chi connectivity index (χ2n) is 5.58. The molecule has 2 fully saturated rings. The van der Waals surface area contributed by atoms with E-state index < -0.39 is 25.2 Å². The predicted molar refractivity (Wildman–Crippen MR) is 62.9 cm³/mol. The summed E-state index contributed by atoms with van der Waals surface area (Å²) in [6, 6.07) is 0.424. The summed E-state index contributed by atoms with van der Waals surface area (Å²) in [5.41, 5.74) is 0. The molecule has 1 heterocycles. The molecule has 2 unspecified atom stereocenters. The first-order chi connectivity index (χ1) is 8.76. The molecule has 2 rings (SSSR count). The Bertz CT molecular complexity index is 344. The van der Waals surface area contributed by atoms with Gasteiger partial charge in [0.15, 0.2) is 0 Å². The van der Waals surface area contributed by atoms with Gasteiger partial charge in [-0.2, -0.15) is 13.2 Å². The molecule has 7 heteroatoms. The van der Waals surface area contributed by atoms with E-state index in [0.717, 1.165) is 17.7 Å². The summed E-state index contributed by atoms with van der Waals surface area (Å²) in [5.74, 6) is -1.21. The van der Waals surface area contributed by atoms with Gasteiger partial charge in [0.2, 0.25) is 0 Å². The third kappa shape index (κ3) is 4.07. The summed E-state index contributed by atoms with van der Waals surface area (Å²) >= 11 is 0. The van der Waals surface area contributed by atoms with Gasteiger partial charge >= 0.3 is 12.1 Å². The van der Waals surface area contributed by atoms with Crippen LogP contribution in [-0.4, -0.2) is 64.8 Å². The first kappa shape index (κ1) is 14.6. The number of hydrogen-bond acceptors (Lipinski definition) is 3. The van der Waals surface area contributed by atoms with E-state index in [1.54, 1.807) is 0 Å². The second kappa shape index (κ2) is 5.28. The minimum Gasteiger partial charge on any atom is -0.480 e. The van der Waals surface area contributed by atoms with E-state index in [2.05, 4.69) is 4.90 Å². The number of carboxylic acid groups (broad SMARTS) is 1. The maximum Gasteiger partial charge on any atom is 0.401 e. The van der Waals surface area contributed by atoms with Crippen LogP contribution in [0, 0.1) is 0 Å². The Morgan fingerprint density at radius 3 is 2.53 bits per heavy atom. The van der Waals surface area contributed by atoms with Crippen molar-refractivity contribution in [1.29, 1.82) is 0 Å². The number of rotatable bonds is 5. The Morgan fingerprint density at radius 1 is 1.42 bits per heavy atom. The Hall–Kier alpha value is -0.820. The smallest absolute Gasteiger partial charge is 0.401 e. The minimum absolute atomic E-state index is 0.238. The number of hydrogen-bond donors (Lipinski definition) is 1. The summed E-state index contributed by atoms with van der Waals surface area (Å²) in [6.45, 7) is 0.866. The quantitative estimate of drug-likeness (QED) is 0.830. The van der Waals surface area contributed by atoms with E-state index in [0.29, 0.717) is 19.0 Å². The molecule has 1 saturated heterocycles. The Balaban J connectivity index is 1.99. The van der Waals surface area contributed by atoms with Crippen LogP contribution in [-0.2, 0) is 4.79 Å². The van der Waals surface area contributed by atoms with Crippen LogP contribution in [0.4, 0.5) is 13.2 Å². The standard InChI is InChI=1S/C12H19F3N2O2/c1-8-4-10(5-17(8)9-2-3-9)16(6-11(18)19)7-12(13,14)15/h8-10H,2-7H2,1H3,(H,18,19). The SMILES string of the molecule is CC1CC(N(CC(=O)O)CC(F)(F)F)CN1C1CC1. The van der Waals surface area contributed by atoms with Crippen molar-refractivity contribution in [2.24, 2.45) is 0 Å². The maximum atomic E-state index is 12.5. The highest BCUT2D eigenvalue weighted by molar-refractivity contribution is 5.69. The zero-order valence-electron chi connectivity index (χ0n) is 10.9. The van der Waals surface area contributed by atoms with Gasteiger partial charge in [0.05, 0.1) is 13.1 Å². The van der Waals surface area contributed by atoms with Crippen LogP contribution in [0.15, 0.2) is 0 Å². The fourth-order valence-electron chi connectivity index (χ4n) is 2.92. The number of nitrogens with zero attached hydrogens (tertiary/aromatic N) is 2. The molecule has 2 atom stereocenters. The van der Waals surface area contributed by atoms with Gasteiger partial charge in [0, 0.05) is 24.7 Å². The van der Waals surface area contributed by atoms with Gasteiger partial charge in [-0.05, 0) is 26.2 Å². The Kier molecular flexibility index (Phi) is 4.06. The highest BCUT2D eigenvalue weighted by atomic mass is 19.4. The Morgan fingerprint density at radius 2 is 2.05 bits per heavy atom. The summed E-state index contributed by atoms with van der Waals surface area (Å²) < 4.78 is 37.6. The van der Waals surface area contributed by atoms with E-state index in [1.807, 2.05) is 6.92 Å². The zero-order valence-corrected chi connectivity index (χ0v) is 10.9. The van der Waals surface area contributed by atoms with Crippen LogP contribution in [0.1, 0.15) is 26.2 Å². The highest BCUT2D eigenvalue weighted by Gasteiger charge is 2.43. The number of carbonyl (C=O) groups is 1. The largest absolute Gasteiger partial charge is 0.480 e. The second-order valence-corrected chi connectivity index (χ2v) is 5.58. The van der Waals surface area contributed by atoms with Gasteiger partial charge in [-0.1, -0.05) is 0 Å². The molecule has 0 spiro atoms. The number of halogens is 3. The molecule has 19 heavy (non-hydrogen) atoms. The number of alkyl halides is 3. The first-order valence-corrected chi connectivity index (χ1v) is 6.54. The lowest BCUT2D eigenvalue weighted by atomic mass is 10.1. The van der Waals surface area contributed by atoms with Crippen LogP contribution in [0.3, 0.4) is 0 Å². The summed E-state index contributed by atoms with van der Waals surface area (Å²) in [4.78, 5) is 14.0. The summed E-state index contributed by atoms with van der Waals surface area (Å²) in [6.07, 6.45) is -1.53. The number of aliphatic carboxylic acids is 1. The zero-order chi connectivity index (χ0) is 14.2. The van der Waals surface area contributed by atoms with Crippen molar-refractivity contribution in [2.45, 2.75) is 50.5 Å². The van der Waals surface area contributed by atoms with Gasteiger partial charge in [-0.15, -0.1) is 0 Å². The molecule has 1 saturated carbocycles. The molecule has 4 nitrogen and oxygen atoms in total. The van der Waals surface area contributed by atoms with Gasteiger partial charge < -0.3 is 5.11 Å². The molecule has 0 radical (unpaired) electrons. The minimum atomic E-state index is -4.36. The number of carboxylic acids is 1. The van der Waals surface area contributed by atoms with Gasteiger partial charge in [-0.25, -0.2) is 0 Å². The molecule has 2 aliphatic rings. The third-order valence-electron chi connectivity index (χ3n) is 3.85. The van der Waals surface area contributed by atoms with Crippen LogP contribution >= 0.6 is 0 Å². The van der Waals surface area contributed by atoms with Gasteiger partial charge in [0.1, 0.15) is 0 Å². The fraction of sp³-hybridized carbons (Fsp3) is 0.917. The predicted octanol–water partition coefficient (Wildman–Crippen LogP) is 1.56. The molecule has 1 aliphatic heterocycles. The van der Waals surface area contributed by atoms with E-state index in [-0.39, 0.29) is 12.1 Å². The van der Waals surface area contributed by atoms with Crippen LogP contribution in [0.2, 0.25) is 0 Å². The molecule has 1 N–H and O–H groups in total. The van der Waals surface area contributed by atoms with E-state index in [9.17, 15) is 18.0 Å². The molecule has 0 bridgehead atoms. The number of likely N-dealkylation sites (tertiary alicyclic amines) is 1. The van der Waals surface area contributed by atoms with Crippen molar-refractivity contribution >= 4 is 5.97 Å². The summed E-state index contributed by atoms with van der Waals surface area (Å²) in [7, 11) is 0. The molecule has 0 aromatic rings. The lowest BCUT2D eigenvalue weighted by Gasteiger charge is -2.28. The van der Waals surface area contributed by atoms with E-state index in [4.69, 9.17) is 5.11 Å². The van der Waals surface area contributed by atoms with Crippen LogP contribution in [0.5, 0.6) is 0 Å². The summed E-state index contributed by atoms with van der Waals surface area (Å²) in [5, 5.41) is 8.77. The van der Waals surface area contributed by atoms with Gasteiger partial charge in [0.25, 0.3) is 0 Å². The normalized spacial score (nSPS) is 29.1. The van der Waals surface area contributed by atoms with Crippen molar-refractivity contribution < 1.29 is 23.1 Å². The molecule has 0 aromatic carbocycles. The average Bonchev–Trinajstić information content (AvgIpc) is 2.98. The van der Waals surface area contributed by atoms with Crippen LogP contribution in [0.25, 0.3) is 0 Å². The van der Waals surface area contributed by atoms with Crippen molar-refractivity contribution in [3.05, 3.63) is 0 Å². The van der Waals surface area contributed by atoms with Gasteiger partial charge in [-0.3, -0.25) is 14.6 Å². The molecule has 0 aromatic heterocycles. The average molecular weight is 280 g/mol. The van der Waals surface area contributed by atoms with Crippen molar-refractivity contribution in [1.82, 2.24) is 9.80 Å². The van der Waals surface area contributed by atoms with Crippen molar-refractivity contribution in [3.63, 3.8) is 0 Å². The molecule has 110 valence electrons. The molecule has 1 aliphatic carbocycles. The van der Waals surface area contributed by atoms with E-state index >= 15 is 0 Å². The lowest BCUT2D eigenvalue weighted by Crippen LogP contribution is -2.45. The van der Waals surface area contributed by atoms with Crippen molar-refractivity contribution in [2.75, 3.05) is 19.6 Å². The lowest BCUT2D eigenvalue weighted by molar-refractivity contribution is -0.157. The molecular weight excluding hydrogens is 261 g/mol. The maximum absolute atomic E-state index is 12.5. The third-order valence-corrected chi connectivity index (χ3v) is 3.85. The topological polar surface area (TPSA) is 43.8 Å². The van der Waals surface area contributed by atoms with Crippen LogP contribution < -0.4 is 0 Å². The first-order valence-electron chi connectivity index (χ1n) is 6.54.